The highest BCUT2D eigenvalue weighted by molar-refractivity contribution is 5.99. The fourth-order valence-corrected chi connectivity index (χ4v) is 3.11. The summed E-state index contributed by atoms with van der Waals surface area (Å²) in [5.41, 5.74) is 5.20. The number of benzene rings is 2. The molecule has 0 saturated carbocycles. The molecule has 1 aromatic heterocycles. The maximum atomic E-state index is 11.5. The van der Waals surface area contributed by atoms with Crippen LogP contribution in [0.5, 0.6) is 5.75 Å². The van der Waals surface area contributed by atoms with Gasteiger partial charge in [-0.2, -0.15) is 0 Å². The van der Waals surface area contributed by atoms with Gasteiger partial charge in [0.15, 0.2) is 0 Å². The number of fused-ring (bicyclic) bond motifs is 2. The van der Waals surface area contributed by atoms with Crippen molar-refractivity contribution in [1.29, 1.82) is 0 Å². The molecule has 0 bridgehead atoms. The van der Waals surface area contributed by atoms with Crippen molar-refractivity contribution in [2.45, 2.75) is 12.8 Å². The minimum atomic E-state index is 0.0874. The summed E-state index contributed by atoms with van der Waals surface area (Å²) in [5.74, 6) is 0.860. The molecule has 0 saturated heterocycles. The molecule has 2 aromatic carbocycles. The summed E-state index contributed by atoms with van der Waals surface area (Å²) in [4.78, 5) is 15.9. The molecule has 4 rings (SSSR count). The Hall–Kier alpha value is -2.88. The van der Waals surface area contributed by atoms with Crippen molar-refractivity contribution in [3.05, 3.63) is 54.2 Å². The summed E-state index contributed by atoms with van der Waals surface area (Å²) >= 11 is 0. The Bertz CT molecular complexity index is 918. The SMILES string of the molecule is COc1ccc(-c2ccc3c(c2)CCC(=O)N3)c2cccnc12. The number of aryl methyl sites for hydroxylation is 1. The second-order valence-corrected chi connectivity index (χ2v) is 5.64. The minimum Gasteiger partial charge on any atom is -0.494 e. The topological polar surface area (TPSA) is 51.2 Å². The van der Waals surface area contributed by atoms with E-state index in [4.69, 9.17) is 4.74 Å². The summed E-state index contributed by atoms with van der Waals surface area (Å²) in [6.45, 7) is 0. The molecule has 4 nitrogen and oxygen atoms in total. The number of nitrogens with one attached hydrogen (secondary N) is 1. The van der Waals surface area contributed by atoms with Gasteiger partial charge in [0.2, 0.25) is 5.91 Å². The van der Waals surface area contributed by atoms with Crippen molar-refractivity contribution in [1.82, 2.24) is 4.98 Å². The second kappa shape index (κ2) is 5.39. The van der Waals surface area contributed by atoms with E-state index >= 15 is 0 Å². The molecule has 0 unspecified atom stereocenters. The van der Waals surface area contributed by atoms with Gasteiger partial charge in [0.1, 0.15) is 11.3 Å². The summed E-state index contributed by atoms with van der Waals surface area (Å²) in [6.07, 6.45) is 3.10. The lowest BCUT2D eigenvalue weighted by Gasteiger charge is -2.18. The van der Waals surface area contributed by atoms with Crippen LogP contribution in [-0.2, 0) is 11.2 Å². The zero-order valence-electron chi connectivity index (χ0n) is 12.8. The highest BCUT2D eigenvalue weighted by Crippen LogP contribution is 2.35. The number of carbonyl (C=O) groups excluding carboxylic acids is 1. The number of hydrogen-bond donors (Lipinski definition) is 1. The van der Waals surface area contributed by atoms with Crippen LogP contribution in [0, 0.1) is 0 Å². The van der Waals surface area contributed by atoms with Crippen LogP contribution in [0.25, 0.3) is 22.0 Å². The van der Waals surface area contributed by atoms with E-state index < -0.39 is 0 Å². The number of ether oxygens (including phenoxy) is 1. The van der Waals surface area contributed by atoms with Crippen LogP contribution in [0.4, 0.5) is 5.69 Å². The Morgan fingerprint density at radius 2 is 2.04 bits per heavy atom. The smallest absolute Gasteiger partial charge is 0.224 e. The van der Waals surface area contributed by atoms with E-state index in [0.717, 1.165) is 39.9 Å². The summed E-state index contributed by atoms with van der Waals surface area (Å²) in [7, 11) is 1.66. The number of rotatable bonds is 2. The van der Waals surface area contributed by atoms with E-state index in [0.29, 0.717) is 6.42 Å². The van der Waals surface area contributed by atoms with Crippen LogP contribution < -0.4 is 10.1 Å². The largest absolute Gasteiger partial charge is 0.494 e. The third-order valence-electron chi connectivity index (χ3n) is 4.26. The molecule has 114 valence electrons. The van der Waals surface area contributed by atoms with E-state index in [1.165, 1.54) is 5.56 Å². The Labute approximate surface area is 134 Å². The van der Waals surface area contributed by atoms with Crippen molar-refractivity contribution in [2.75, 3.05) is 12.4 Å². The second-order valence-electron chi connectivity index (χ2n) is 5.64. The molecule has 1 aliphatic rings. The number of nitrogens with zero attached hydrogens (tertiary/aromatic N) is 1. The molecule has 3 aromatic rings. The minimum absolute atomic E-state index is 0.0874. The van der Waals surface area contributed by atoms with E-state index in [1.807, 2.05) is 24.3 Å². The fraction of sp³-hybridized carbons (Fsp3) is 0.158. The number of aromatic nitrogens is 1. The zero-order chi connectivity index (χ0) is 15.8. The molecule has 0 fully saturated rings. The van der Waals surface area contributed by atoms with E-state index in [2.05, 4.69) is 28.5 Å². The molecule has 0 spiro atoms. The van der Waals surface area contributed by atoms with Gasteiger partial charge < -0.3 is 10.1 Å². The number of amides is 1. The summed E-state index contributed by atoms with van der Waals surface area (Å²) < 4.78 is 5.41. The Morgan fingerprint density at radius 3 is 2.91 bits per heavy atom. The molecule has 0 radical (unpaired) electrons. The standard InChI is InChI=1S/C19H16N2O2/c1-23-17-8-6-14(15-3-2-10-20-19(15)17)12-4-7-16-13(11-12)5-9-18(22)21-16/h2-4,6-8,10-11H,5,9H2,1H3,(H,21,22). The maximum Gasteiger partial charge on any atom is 0.224 e. The lowest BCUT2D eigenvalue weighted by atomic mass is 9.95. The molecule has 1 aliphatic heterocycles. The first-order valence-corrected chi connectivity index (χ1v) is 7.61. The highest BCUT2D eigenvalue weighted by Gasteiger charge is 2.16. The molecule has 2 heterocycles. The number of carbonyl (C=O) groups is 1. The van der Waals surface area contributed by atoms with Crippen LogP contribution in [0.2, 0.25) is 0 Å². The van der Waals surface area contributed by atoms with Gasteiger partial charge in [-0.05, 0) is 53.4 Å². The normalized spacial score (nSPS) is 13.5. The summed E-state index contributed by atoms with van der Waals surface area (Å²) in [6, 6.07) is 14.2. The highest BCUT2D eigenvalue weighted by atomic mass is 16.5. The van der Waals surface area contributed by atoms with E-state index in [-0.39, 0.29) is 5.91 Å². The quantitative estimate of drug-likeness (QED) is 0.783. The van der Waals surface area contributed by atoms with Gasteiger partial charge in [0.05, 0.1) is 7.11 Å². The Balaban J connectivity index is 1.88. The van der Waals surface area contributed by atoms with Crippen molar-refractivity contribution >= 4 is 22.5 Å². The van der Waals surface area contributed by atoms with Crippen LogP contribution in [0.3, 0.4) is 0 Å². The van der Waals surface area contributed by atoms with Gasteiger partial charge >= 0.3 is 0 Å². The molecule has 0 aliphatic carbocycles. The zero-order valence-corrected chi connectivity index (χ0v) is 12.8. The van der Waals surface area contributed by atoms with Crippen molar-refractivity contribution < 1.29 is 9.53 Å². The Morgan fingerprint density at radius 1 is 1.13 bits per heavy atom. The van der Waals surface area contributed by atoms with Gasteiger partial charge in [-0.1, -0.05) is 12.1 Å². The van der Waals surface area contributed by atoms with Crippen molar-refractivity contribution in [2.24, 2.45) is 0 Å². The van der Waals surface area contributed by atoms with Crippen LogP contribution in [-0.4, -0.2) is 18.0 Å². The van der Waals surface area contributed by atoms with Crippen molar-refractivity contribution in [3.8, 4) is 16.9 Å². The van der Waals surface area contributed by atoms with Crippen molar-refractivity contribution in [3.63, 3.8) is 0 Å². The lowest BCUT2D eigenvalue weighted by molar-refractivity contribution is -0.116. The third kappa shape index (κ3) is 2.32. The summed E-state index contributed by atoms with van der Waals surface area (Å²) in [5, 5.41) is 3.98. The van der Waals surface area contributed by atoms with Crippen LogP contribution >= 0.6 is 0 Å². The first-order chi connectivity index (χ1) is 11.3. The van der Waals surface area contributed by atoms with Gasteiger partial charge in [-0.3, -0.25) is 9.78 Å². The first-order valence-electron chi connectivity index (χ1n) is 7.61. The maximum absolute atomic E-state index is 11.5. The van der Waals surface area contributed by atoms with Gasteiger partial charge in [-0.25, -0.2) is 0 Å². The number of anilines is 1. The molecule has 1 N–H and O–H groups in total. The van der Waals surface area contributed by atoms with Crippen LogP contribution in [0.15, 0.2) is 48.7 Å². The monoisotopic (exact) mass is 304 g/mol. The van der Waals surface area contributed by atoms with Gasteiger partial charge in [0.25, 0.3) is 0 Å². The average Bonchev–Trinajstić information content (AvgIpc) is 2.60. The lowest BCUT2D eigenvalue weighted by Crippen LogP contribution is -2.18. The average molecular weight is 304 g/mol. The molecule has 4 heteroatoms. The molecule has 23 heavy (non-hydrogen) atoms. The first kappa shape index (κ1) is 13.8. The van der Waals surface area contributed by atoms with Crippen LogP contribution in [0.1, 0.15) is 12.0 Å². The third-order valence-corrected chi connectivity index (χ3v) is 4.26. The molecule has 1 amide bonds. The van der Waals surface area contributed by atoms with Gasteiger partial charge in [0, 0.05) is 23.7 Å². The molecular weight excluding hydrogens is 288 g/mol. The molecular formula is C19H16N2O2. The number of methoxy groups -OCH3 is 1. The van der Waals surface area contributed by atoms with E-state index in [1.54, 1.807) is 13.3 Å². The predicted molar refractivity (Wildman–Crippen MR) is 90.7 cm³/mol. The number of hydrogen-bond acceptors (Lipinski definition) is 3. The predicted octanol–water partition coefficient (Wildman–Crippen LogP) is 3.80. The molecule has 0 atom stereocenters. The van der Waals surface area contributed by atoms with Gasteiger partial charge in [-0.15, -0.1) is 0 Å². The Kier molecular flexibility index (Phi) is 3.23. The number of pyridine rings is 1. The fourth-order valence-electron chi connectivity index (χ4n) is 3.11. The van der Waals surface area contributed by atoms with E-state index in [9.17, 15) is 4.79 Å².